The number of aromatic hydroxyl groups is 2. The van der Waals surface area contributed by atoms with Crippen molar-refractivity contribution in [1.29, 1.82) is 0 Å². The van der Waals surface area contributed by atoms with Gasteiger partial charge in [-0.2, -0.15) is 0 Å². The highest BCUT2D eigenvalue weighted by Crippen LogP contribution is 2.40. The van der Waals surface area contributed by atoms with Gasteiger partial charge in [0, 0.05) is 17.7 Å². The number of fused-ring (bicyclic) bond motifs is 1. The van der Waals surface area contributed by atoms with E-state index in [1.807, 2.05) is 0 Å². The molecule has 9 N–H and O–H groups in total. The molecule has 0 aliphatic carbocycles. The van der Waals surface area contributed by atoms with Crippen molar-refractivity contribution in [1.82, 2.24) is 0 Å². The van der Waals surface area contributed by atoms with Gasteiger partial charge >= 0.3 is 0 Å². The maximum absolute atomic E-state index is 13.8. The minimum atomic E-state index is -1.89. The number of methoxy groups -OCH3 is 1. The highest BCUT2D eigenvalue weighted by Gasteiger charge is 2.45. The van der Waals surface area contributed by atoms with Crippen molar-refractivity contribution in [3.8, 4) is 40.1 Å². The van der Waals surface area contributed by atoms with Crippen molar-refractivity contribution in [2.45, 2.75) is 55.3 Å². The summed E-state index contributed by atoms with van der Waals surface area (Å²) in [4.78, 5) is 13.8. The average Bonchev–Trinajstić information content (AvgIpc) is 2.98. The summed E-state index contributed by atoms with van der Waals surface area (Å²) in [6.07, 6.45) is -14.6. The zero-order chi connectivity index (χ0) is 31.2. The van der Waals surface area contributed by atoms with E-state index in [0.29, 0.717) is 0 Å². The molecule has 16 nitrogen and oxygen atoms in total. The number of ether oxygens (including phenoxy) is 5. The second-order valence-corrected chi connectivity index (χ2v) is 9.97. The maximum atomic E-state index is 13.8. The lowest BCUT2D eigenvalue weighted by Crippen LogP contribution is -2.60. The standard InChI is InChI=1S/C27H30O16/c1-38-14-4-9(2-3-11(14)29)24-25(43-27-23(37)21(35)19(33)16(7-28)42-27)20(34)17-12(30)5-10(6-15(17)41-24)40-26-22(36)18(32)13(31)8-39-26/h2-6,13,16,18-19,21-23,26-33,35-37H,7-8H2,1H3/t13-,16?,18+,19-,21?,22?,23?,26+,27+/m1/s1. The van der Waals surface area contributed by atoms with E-state index < -0.39 is 84.2 Å². The minimum absolute atomic E-state index is 0.0249. The number of hydrogen-bond acceptors (Lipinski definition) is 16. The molecule has 2 aliphatic heterocycles. The van der Waals surface area contributed by atoms with Crippen LogP contribution in [-0.2, 0) is 9.47 Å². The van der Waals surface area contributed by atoms with Crippen LogP contribution in [0.1, 0.15) is 0 Å². The topological polar surface area (TPSA) is 258 Å². The first-order valence-corrected chi connectivity index (χ1v) is 13.0. The van der Waals surface area contributed by atoms with Crippen LogP contribution in [0.3, 0.4) is 0 Å². The summed E-state index contributed by atoms with van der Waals surface area (Å²) in [5, 5.41) is 90.7. The van der Waals surface area contributed by atoms with E-state index in [9.17, 15) is 50.8 Å². The zero-order valence-corrected chi connectivity index (χ0v) is 22.4. The Balaban J connectivity index is 1.62. The van der Waals surface area contributed by atoms with Crippen molar-refractivity contribution in [3.05, 3.63) is 40.6 Å². The van der Waals surface area contributed by atoms with Gasteiger partial charge in [0.1, 0.15) is 65.2 Å². The molecular formula is C27H30O16. The fourth-order valence-corrected chi connectivity index (χ4v) is 4.74. The predicted octanol–water partition coefficient (Wildman–Crippen LogP) is -2.12. The van der Waals surface area contributed by atoms with Gasteiger partial charge in [-0.25, -0.2) is 0 Å². The number of benzene rings is 2. The molecule has 234 valence electrons. The third-order valence-electron chi connectivity index (χ3n) is 7.14. The number of aliphatic hydroxyl groups excluding tert-OH is 7. The molecule has 2 aliphatic rings. The van der Waals surface area contributed by atoms with Crippen molar-refractivity contribution in [2.75, 3.05) is 20.3 Å². The molecule has 2 aromatic carbocycles. The lowest BCUT2D eigenvalue weighted by atomic mass is 9.99. The number of phenols is 2. The molecule has 5 rings (SSSR count). The lowest BCUT2D eigenvalue weighted by Gasteiger charge is -2.39. The second-order valence-electron chi connectivity index (χ2n) is 9.97. The van der Waals surface area contributed by atoms with Crippen molar-refractivity contribution in [2.24, 2.45) is 0 Å². The third-order valence-corrected chi connectivity index (χ3v) is 7.14. The molecule has 43 heavy (non-hydrogen) atoms. The van der Waals surface area contributed by atoms with E-state index >= 15 is 0 Å². The molecule has 0 spiro atoms. The summed E-state index contributed by atoms with van der Waals surface area (Å²) in [5.41, 5.74) is -1.16. The normalized spacial score (nSPS) is 31.1. The predicted molar refractivity (Wildman–Crippen MR) is 141 cm³/mol. The molecule has 3 heterocycles. The van der Waals surface area contributed by atoms with E-state index in [2.05, 4.69) is 0 Å². The van der Waals surface area contributed by atoms with Crippen LogP contribution in [0.4, 0.5) is 0 Å². The first kappa shape index (κ1) is 30.7. The summed E-state index contributed by atoms with van der Waals surface area (Å²) in [7, 11) is 1.28. The van der Waals surface area contributed by atoms with Crippen LogP contribution in [0.5, 0.6) is 28.7 Å². The van der Waals surface area contributed by atoms with E-state index in [4.69, 9.17) is 28.1 Å². The van der Waals surface area contributed by atoms with E-state index in [1.54, 1.807) is 0 Å². The zero-order valence-electron chi connectivity index (χ0n) is 22.4. The minimum Gasteiger partial charge on any atom is -0.507 e. The van der Waals surface area contributed by atoms with Crippen LogP contribution in [-0.4, -0.2) is 122 Å². The van der Waals surface area contributed by atoms with Crippen LogP contribution < -0.4 is 19.6 Å². The van der Waals surface area contributed by atoms with Crippen LogP contribution in [0, 0.1) is 0 Å². The van der Waals surface area contributed by atoms with Crippen molar-refractivity contribution in [3.63, 3.8) is 0 Å². The smallest absolute Gasteiger partial charge is 0.239 e. The molecular weight excluding hydrogens is 580 g/mol. The Morgan fingerprint density at radius 3 is 2.28 bits per heavy atom. The van der Waals surface area contributed by atoms with Crippen LogP contribution in [0.2, 0.25) is 0 Å². The Hall–Kier alpha value is -3.71. The second kappa shape index (κ2) is 12.1. The third kappa shape index (κ3) is 5.67. The Morgan fingerprint density at radius 2 is 1.58 bits per heavy atom. The SMILES string of the molecule is COc1cc(-c2oc3cc(O[C@@H]4OC[C@@H](O)[C@H](O)C4O)cc(O)c3c(=O)c2O[C@@H]2OC(CO)[C@@H](O)C(O)C2O)ccc1O. The Morgan fingerprint density at radius 1 is 0.860 bits per heavy atom. The summed E-state index contributed by atoms with van der Waals surface area (Å²) in [6, 6.07) is 6.02. The molecule has 16 heteroatoms. The fourth-order valence-electron chi connectivity index (χ4n) is 4.74. The molecule has 0 bridgehead atoms. The molecule has 3 aromatic rings. The van der Waals surface area contributed by atoms with Gasteiger partial charge in [-0.05, 0) is 18.2 Å². The fraction of sp³-hybridized carbons (Fsp3) is 0.444. The van der Waals surface area contributed by atoms with Gasteiger partial charge in [0.25, 0.3) is 0 Å². The van der Waals surface area contributed by atoms with Gasteiger partial charge in [-0.15, -0.1) is 0 Å². The van der Waals surface area contributed by atoms with Gasteiger partial charge in [0.15, 0.2) is 17.3 Å². The van der Waals surface area contributed by atoms with Gasteiger partial charge in [0.05, 0.1) is 20.3 Å². The van der Waals surface area contributed by atoms with E-state index in [-0.39, 0.29) is 40.8 Å². The summed E-state index contributed by atoms with van der Waals surface area (Å²) in [5.74, 6) is -2.08. The number of phenolic OH excluding ortho intramolecular Hbond substituents is 2. The van der Waals surface area contributed by atoms with E-state index in [1.165, 1.54) is 31.4 Å². The molecule has 0 amide bonds. The Kier molecular flexibility index (Phi) is 8.66. The quantitative estimate of drug-likeness (QED) is 0.138. The molecule has 2 saturated heterocycles. The van der Waals surface area contributed by atoms with Crippen LogP contribution in [0.15, 0.2) is 39.5 Å². The molecule has 2 fully saturated rings. The largest absolute Gasteiger partial charge is 0.507 e. The lowest BCUT2D eigenvalue weighted by molar-refractivity contribution is -0.277. The number of aliphatic hydroxyl groups is 7. The Labute approximate surface area is 241 Å². The molecule has 9 atom stereocenters. The highest BCUT2D eigenvalue weighted by atomic mass is 16.7. The molecule has 1 aromatic heterocycles. The number of hydrogen-bond donors (Lipinski definition) is 9. The first-order valence-electron chi connectivity index (χ1n) is 13.0. The highest BCUT2D eigenvalue weighted by molar-refractivity contribution is 5.88. The molecule has 0 radical (unpaired) electrons. The average molecular weight is 611 g/mol. The van der Waals surface area contributed by atoms with Gasteiger partial charge in [0.2, 0.25) is 23.8 Å². The summed E-state index contributed by atoms with van der Waals surface area (Å²) in [6.45, 7) is -1.12. The van der Waals surface area contributed by atoms with Crippen molar-refractivity contribution >= 4 is 11.0 Å². The van der Waals surface area contributed by atoms with Gasteiger partial charge in [-0.3, -0.25) is 4.79 Å². The van der Waals surface area contributed by atoms with E-state index in [0.717, 1.165) is 6.07 Å². The Bertz CT molecular complexity index is 1520. The van der Waals surface area contributed by atoms with Crippen LogP contribution >= 0.6 is 0 Å². The molecule has 0 saturated carbocycles. The monoisotopic (exact) mass is 610 g/mol. The molecule has 4 unspecified atom stereocenters. The summed E-state index contributed by atoms with van der Waals surface area (Å²) >= 11 is 0. The van der Waals surface area contributed by atoms with Gasteiger partial charge in [-0.1, -0.05) is 0 Å². The number of rotatable bonds is 7. The van der Waals surface area contributed by atoms with Crippen LogP contribution in [0.25, 0.3) is 22.3 Å². The van der Waals surface area contributed by atoms with Gasteiger partial charge < -0.3 is 74.1 Å². The van der Waals surface area contributed by atoms with Crippen molar-refractivity contribution < 1.29 is 74.1 Å². The summed E-state index contributed by atoms with van der Waals surface area (Å²) < 4.78 is 32.9. The maximum Gasteiger partial charge on any atom is 0.239 e. The first-order chi connectivity index (χ1) is 20.4.